The third kappa shape index (κ3) is 0.542. The minimum absolute atomic E-state index is 1.27. The summed E-state index contributed by atoms with van der Waals surface area (Å²) < 4.78 is 0. The number of fused-ring (bicyclic) bond motifs is 22. The van der Waals surface area contributed by atoms with Crippen LogP contribution in [0.15, 0.2) is 0 Å². The maximum Gasteiger partial charge on any atom is -0.0312 e. The Hall–Kier alpha value is 0. The highest BCUT2D eigenvalue weighted by atomic mass is 14.9. The van der Waals surface area contributed by atoms with Crippen molar-refractivity contribution >= 4 is 0 Å². The van der Waals surface area contributed by atoms with E-state index in [1.165, 1.54) is 94.7 Å². The fourth-order valence-corrected chi connectivity index (χ4v) is 11.5. The van der Waals surface area contributed by atoms with Crippen LogP contribution in [0.3, 0.4) is 0 Å². The van der Waals surface area contributed by atoms with Gasteiger partial charge in [0, 0.05) is 0 Å². The van der Waals surface area contributed by atoms with Gasteiger partial charge in [0.15, 0.2) is 0 Å². The molecular weight excluding hydrogens is 240 g/mol. The Kier molecular flexibility index (Phi) is 1.05. The van der Waals surface area contributed by atoms with Gasteiger partial charge in [-0.3, -0.25) is 0 Å². The van der Waals surface area contributed by atoms with Crippen LogP contribution in [0, 0.1) is 94.7 Å². The fraction of sp³-hybridized carbons (Fsp3) is 1.00. The van der Waals surface area contributed by atoms with Crippen molar-refractivity contribution in [2.75, 3.05) is 0 Å². The molecule has 9 aliphatic rings. The van der Waals surface area contributed by atoms with E-state index in [1.54, 1.807) is 25.7 Å². The predicted octanol–water partition coefficient (Wildman–Crippen LogP) is 3.53. The van der Waals surface area contributed by atoms with Crippen molar-refractivity contribution in [1.29, 1.82) is 0 Å². The monoisotopic (exact) mass is 264 g/mol. The van der Waals surface area contributed by atoms with Gasteiger partial charge in [0.25, 0.3) is 0 Å². The van der Waals surface area contributed by atoms with Crippen LogP contribution >= 0.6 is 0 Å². The second-order valence-electron chi connectivity index (χ2n) is 10.7. The topological polar surface area (TPSA) is 0 Å². The normalized spacial score (nSPS) is 91.2. The van der Waals surface area contributed by atoms with Crippen LogP contribution in [0.2, 0.25) is 0 Å². The van der Waals surface area contributed by atoms with Crippen LogP contribution in [-0.2, 0) is 0 Å². The standard InChI is InChI=1S/C20H24/c1-2-6-5(1)9-10(6)14-13(9)17-18(14)20-16-12-8-4-3-7(8)11(12)15(16)19(17)20/h5-20H,1-4H2. The lowest BCUT2D eigenvalue weighted by Crippen LogP contribution is -2.91. The Bertz CT molecular complexity index is 481. The third-order valence-corrected chi connectivity index (χ3v) is 11.9. The highest BCUT2D eigenvalue weighted by Crippen LogP contribution is 2.94. The van der Waals surface area contributed by atoms with Crippen molar-refractivity contribution in [1.82, 2.24) is 0 Å². The third-order valence-electron chi connectivity index (χ3n) is 11.9. The number of rotatable bonds is 0. The summed E-state index contributed by atoms with van der Waals surface area (Å²) in [4.78, 5) is 0. The SMILES string of the molecule is C1CC2C1C1C2C2C1C1C2C2C3C4C5CCC5C4C3C12. The van der Waals surface area contributed by atoms with E-state index in [0.29, 0.717) is 0 Å². The molecule has 0 saturated heterocycles. The summed E-state index contributed by atoms with van der Waals surface area (Å²) in [6.07, 6.45) is 6.56. The zero-order valence-electron chi connectivity index (χ0n) is 12.1. The average Bonchev–Trinajstić information content (AvgIpc) is 2.36. The average molecular weight is 264 g/mol. The van der Waals surface area contributed by atoms with Gasteiger partial charge in [0.05, 0.1) is 0 Å². The molecule has 0 N–H and O–H groups in total. The molecule has 0 heterocycles. The van der Waals surface area contributed by atoms with E-state index in [4.69, 9.17) is 0 Å². The second kappa shape index (κ2) is 2.28. The highest BCUT2D eigenvalue weighted by molar-refractivity contribution is 5.37. The van der Waals surface area contributed by atoms with Gasteiger partial charge in [0.2, 0.25) is 0 Å². The zero-order valence-corrected chi connectivity index (χ0v) is 12.1. The first-order chi connectivity index (χ1) is 9.97. The summed E-state index contributed by atoms with van der Waals surface area (Å²) in [5.41, 5.74) is 0. The summed E-state index contributed by atoms with van der Waals surface area (Å²) in [6.45, 7) is 0. The van der Waals surface area contributed by atoms with Gasteiger partial charge in [0.1, 0.15) is 0 Å². The van der Waals surface area contributed by atoms with E-state index in [-0.39, 0.29) is 0 Å². The second-order valence-corrected chi connectivity index (χ2v) is 10.7. The van der Waals surface area contributed by atoms with E-state index >= 15 is 0 Å². The Morgan fingerprint density at radius 3 is 0.650 bits per heavy atom. The van der Waals surface area contributed by atoms with E-state index in [9.17, 15) is 0 Å². The number of hydrogen-bond acceptors (Lipinski definition) is 0. The van der Waals surface area contributed by atoms with Crippen molar-refractivity contribution < 1.29 is 0 Å². The fourth-order valence-electron chi connectivity index (χ4n) is 11.5. The first-order valence-corrected chi connectivity index (χ1v) is 9.97. The van der Waals surface area contributed by atoms with Crippen LogP contribution in [0.4, 0.5) is 0 Å². The Balaban J connectivity index is 1.09. The summed E-state index contributed by atoms with van der Waals surface area (Å²) in [5, 5.41) is 0. The van der Waals surface area contributed by atoms with Crippen molar-refractivity contribution in [3.8, 4) is 0 Å². The van der Waals surface area contributed by atoms with Gasteiger partial charge in [-0.2, -0.15) is 0 Å². The Labute approximate surface area is 121 Å². The smallest absolute Gasteiger partial charge is 0.0312 e. The van der Waals surface area contributed by atoms with Crippen molar-refractivity contribution in [3.05, 3.63) is 0 Å². The van der Waals surface area contributed by atoms with Crippen LogP contribution in [0.5, 0.6) is 0 Å². The van der Waals surface area contributed by atoms with Crippen LogP contribution in [0.1, 0.15) is 25.7 Å². The van der Waals surface area contributed by atoms with Gasteiger partial charge in [-0.25, -0.2) is 0 Å². The first-order valence-electron chi connectivity index (χ1n) is 9.97. The zero-order chi connectivity index (χ0) is 12.1. The van der Waals surface area contributed by atoms with Crippen molar-refractivity contribution in [2.45, 2.75) is 25.7 Å². The Morgan fingerprint density at radius 1 is 0.250 bits per heavy atom. The number of hydrogen-bond donors (Lipinski definition) is 0. The molecule has 9 aliphatic carbocycles. The molecule has 0 spiro atoms. The van der Waals surface area contributed by atoms with Crippen molar-refractivity contribution in [3.63, 3.8) is 0 Å². The lowest BCUT2D eigenvalue weighted by Gasteiger charge is -2.95. The molecule has 104 valence electrons. The molecule has 0 nitrogen and oxygen atoms in total. The van der Waals surface area contributed by atoms with Gasteiger partial charge in [-0.1, -0.05) is 0 Å². The maximum atomic E-state index is 1.64. The van der Waals surface area contributed by atoms with Crippen LogP contribution < -0.4 is 0 Å². The van der Waals surface area contributed by atoms with E-state index < -0.39 is 0 Å². The molecule has 12 unspecified atom stereocenters. The summed E-state index contributed by atoms with van der Waals surface area (Å²) >= 11 is 0. The minimum atomic E-state index is 1.27. The lowest BCUT2D eigenvalue weighted by atomic mass is 9.09. The molecule has 0 aromatic rings. The molecule has 0 heteroatoms. The van der Waals surface area contributed by atoms with Crippen molar-refractivity contribution in [2.24, 2.45) is 94.7 Å². The molecule has 0 bridgehead atoms. The summed E-state index contributed by atoms with van der Waals surface area (Å²) in [6, 6.07) is 0. The lowest BCUT2D eigenvalue weighted by molar-refractivity contribution is -0.482. The van der Waals surface area contributed by atoms with E-state index in [1.807, 2.05) is 0 Å². The quantitative estimate of drug-likeness (QED) is 0.587. The van der Waals surface area contributed by atoms with Gasteiger partial charge < -0.3 is 0 Å². The molecule has 0 radical (unpaired) electrons. The molecule has 0 aromatic heterocycles. The van der Waals surface area contributed by atoms with Gasteiger partial charge in [-0.15, -0.1) is 0 Å². The summed E-state index contributed by atoms with van der Waals surface area (Å²) in [5.74, 6) is 20.8. The highest BCUT2D eigenvalue weighted by Gasteiger charge is 2.90. The summed E-state index contributed by atoms with van der Waals surface area (Å²) in [7, 11) is 0. The molecule has 0 aliphatic heterocycles. The molecule has 12 atom stereocenters. The van der Waals surface area contributed by atoms with E-state index in [0.717, 1.165) is 0 Å². The molecule has 9 rings (SSSR count). The maximum absolute atomic E-state index is 1.64. The molecule has 9 fully saturated rings. The minimum Gasteiger partial charge on any atom is -0.0496 e. The predicted molar refractivity (Wildman–Crippen MR) is 74.3 cm³/mol. The largest absolute Gasteiger partial charge is 0.0496 e. The first kappa shape index (κ1) is 9.21. The van der Waals surface area contributed by atoms with E-state index in [2.05, 4.69) is 0 Å². The van der Waals surface area contributed by atoms with Crippen LogP contribution in [0.25, 0.3) is 0 Å². The molecular formula is C20H24. The Morgan fingerprint density at radius 2 is 0.450 bits per heavy atom. The van der Waals surface area contributed by atoms with Crippen LogP contribution in [-0.4, -0.2) is 0 Å². The van der Waals surface area contributed by atoms with Gasteiger partial charge in [-0.05, 0) is 120 Å². The molecule has 9 saturated carbocycles. The molecule has 20 heavy (non-hydrogen) atoms. The molecule has 0 aromatic carbocycles. The van der Waals surface area contributed by atoms with Gasteiger partial charge >= 0.3 is 0 Å². The molecule has 0 amide bonds.